The number of urea groups is 1. The predicted molar refractivity (Wildman–Crippen MR) is 82.5 cm³/mol. The zero-order valence-corrected chi connectivity index (χ0v) is 13.4. The molecule has 2 amide bonds. The number of amides is 2. The number of benzene rings is 1. The van der Waals surface area contributed by atoms with Gasteiger partial charge in [0.05, 0.1) is 7.11 Å². The van der Waals surface area contributed by atoms with Crippen molar-refractivity contribution in [2.24, 2.45) is 0 Å². The van der Waals surface area contributed by atoms with Crippen LogP contribution in [0.1, 0.15) is 37.5 Å². The summed E-state index contributed by atoms with van der Waals surface area (Å²) in [5, 5.41) is 5.76. The molecule has 0 aliphatic carbocycles. The van der Waals surface area contributed by atoms with E-state index in [1.807, 2.05) is 26.8 Å². The van der Waals surface area contributed by atoms with Gasteiger partial charge in [-0.15, -0.1) is 0 Å². The smallest absolute Gasteiger partial charge is 0.315 e. The van der Waals surface area contributed by atoms with Gasteiger partial charge in [0, 0.05) is 12.1 Å². The van der Waals surface area contributed by atoms with Crippen LogP contribution in [0.25, 0.3) is 0 Å². The van der Waals surface area contributed by atoms with Crippen LogP contribution in [0.2, 0.25) is 0 Å². The van der Waals surface area contributed by atoms with E-state index in [0.29, 0.717) is 6.54 Å². The SMILES string of the molecule is COc1ccc(CCNC(=O)NC(C)(C)C)c(C)c1C. The molecule has 1 rings (SSSR count). The first-order valence-electron chi connectivity index (χ1n) is 6.93. The van der Waals surface area contributed by atoms with Crippen molar-refractivity contribution < 1.29 is 9.53 Å². The fraction of sp³-hybridized carbons (Fsp3) is 0.562. The van der Waals surface area contributed by atoms with E-state index in [1.54, 1.807) is 7.11 Å². The normalized spacial score (nSPS) is 11.1. The van der Waals surface area contributed by atoms with Gasteiger partial charge in [-0.3, -0.25) is 0 Å². The zero-order chi connectivity index (χ0) is 15.3. The average Bonchev–Trinajstić information content (AvgIpc) is 2.32. The number of carbonyl (C=O) groups is 1. The minimum absolute atomic E-state index is 0.125. The van der Waals surface area contributed by atoms with Crippen LogP contribution in [0.15, 0.2) is 12.1 Å². The lowest BCUT2D eigenvalue weighted by molar-refractivity contribution is 0.232. The number of carbonyl (C=O) groups excluding carboxylic acids is 1. The number of hydrogen-bond donors (Lipinski definition) is 2. The summed E-state index contributed by atoms with van der Waals surface area (Å²) < 4.78 is 5.30. The van der Waals surface area contributed by atoms with Crippen molar-refractivity contribution in [1.29, 1.82) is 0 Å². The van der Waals surface area contributed by atoms with Gasteiger partial charge < -0.3 is 15.4 Å². The van der Waals surface area contributed by atoms with E-state index >= 15 is 0 Å². The maximum Gasteiger partial charge on any atom is 0.315 e. The predicted octanol–water partition coefficient (Wildman–Crippen LogP) is 2.95. The van der Waals surface area contributed by atoms with E-state index in [0.717, 1.165) is 17.7 Å². The lowest BCUT2D eigenvalue weighted by Crippen LogP contribution is -2.46. The van der Waals surface area contributed by atoms with E-state index < -0.39 is 0 Å². The molecule has 4 heteroatoms. The summed E-state index contributed by atoms with van der Waals surface area (Å²) in [6.45, 7) is 10.6. The summed E-state index contributed by atoms with van der Waals surface area (Å²) in [5.74, 6) is 0.907. The van der Waals surface area contributed by atoms with Gasteiger partial charge in [-0.1, -0.05) is 6.07 Å². The number of rotatable bonds is 4. The first-order chi connectivity index (χ1) is 9.24. The van der Waals surface area contributed by atoms with Crippen LogP contribution in [-0.4, -0.2) is 25.2 Å². The van der Waals surface area contributed by atoms with Crippen LogP contribution in [0.3, 0.4) is 0 Å². The van der Waals surface area contributed by atoms with Crippen molar-refractivity contribution in [2.45, 2.75) is 46.6 Å². The second-order valence-corrected chi connectivity index (χ2v) is 6.06. The molecule has 20 heavy (non-hydrogen) atoms. The first kappa shape index (κ1) is 16.3. The third-order valence-electron chi connectivity index (χ3n) is 3.24. The standard InChI is InChI=1S/C16H26N2O2/c1-11-12(2)14(20-6)8-7-13(11)9-10-17-15(19)18-16(3,4)5/h7-8H,9-10H2,1-6H3,(H2,17,18,19). The maximum atomic E-state index is 11.7. The third kappa shape index (κ3) is 4.76. The van der Waals surface area contributed by atoms with E-state index in [1.165, 1.54) is 11.1 Å². The highest BCUT2D eigenvalue weighted by atomic mass is 16.5. The van der Waals surface area contributed by atoms with Crippen LogP contribution >= 0.6 is 0 Å². The fourth-order valence-corrected chi connectivity index (χ4v) is 2.04. The van der Waals surface area contributed by atoms with Gasteiger partial charge in [0.1, 0.15) is 5.75 Å². The molecular weight excluding hydrogens is 252 g/mol. The van der Waals surface area contributed by atoms with Gasteiger partial charge in [-0.05, 0) is 63.8 Å². The molecule has 0 saturated carbocycles. The van der Waals surface area contributed by atoms with Crippen LogP contribution in [-0.2, 0) is 6.42 Å². The van der Waals surface area contributed by atoms with Gasteiger partial charge in [0.25, 0.3) is 0 Å². The van der Waals surface area contributed by atoms with Crippen LogP contribution in [0, 0.1) is 13.8 Å². The van der Waals surface area contributed by atoms with Gasteiger partial charge >= 0.3 is 6.03 Å². The highest BCUT2D eigenvalue weighted by molar-refractivity contribution is 5.74. The Labute approximate surface area is 121 Å². The molecule has 0 saturated heterocycles. The molecule has 0 radical (unpaired) electrons. The fourth-order valence-electron chi connectivity index (χ4n) is 2.04. The Hall–Kier alpha value is -1.71. The van der Waals surface area contributed by atoms with Crippen molar-refractivity contribution in [1.82, 2.24) is 10.6 Å². The maximum absolute atomic E-state index is 11.7. The molecule has 1 aromatic rings. The Morgan fingerprint density at radius 2 is 1.85 bits per heavy atom. The number of methoxy groups -OCH3 is 1. The average molecular weight is 278 g/mol. The van der Waals surface area contributed by atoms with Crippen molar-refractivity contribution >= 4 is 6.03 Å². The quantitative estimate of drug-likeness (QED) is 0.889. The highest BCUT2D eigenvalue weighted by Crippen LogP contribution is 2.23. The lowest BCUT2D eigenvalue weighted by atomic mass is 10.00. The summed E-state index contributed by atoms with van der Waals surface area (Å²) in [7, 11) is 1.68. The second kappa shape index (κ2) is 6.64. The minimum Gasteiger partial charge on any atom is -0.496 e. The summed E-state index contributed by atoms with van der Waals surface area (Å²) in [4.78, 5) is 11.7. The summed E-state index contributed by atoms with van der Waals surface area (Å²) in [6, 6.07) is 3.91. The van der Waals surface area contributed by atoms with Crippen molar-refractivity contribution in [3.05, 3.63) is 28.8 Å². The summed E-state index contributed by atoms with van der Waals surface area (Å²) in [5.41, 5.74) is 3.40. The largest absolute Gasteiger partial charge is 0.496 e. The van der Waals surface area contributed by atoms with Crippen molar-refractivity contribution in [3.63, 3.8) is 0 Å². The molecule has 0 aromatic heterocycles. The Balaban J connectivity index is 2.55. The molecule has 0 aliphatic rings. The highest BCUT2D eigenvalue weighted by Gasteiger charge is 2.13. The van der Waals surface area contributed by atoms with E-state index in [4.69, 9.17) is 4.74 Å². The molecule has 4 nitrogen and oxygen atoms in total. The van der Waals surface area contributed by atoms with E-state index in [9.17, 15) is 4.79 Å². The van der Waals surface area contributed by atoms with Crippen LogP contribution in [0.4, 0.5) is 4.79 Å². The molecule has 0 spiro atoms. The van der Waals surface area contributed by atoms with E-state index in [-0.39, 0.29) is 11.6 Å². The topological polar surface area (TPSA) is 50.4 Å². The van der Waals surface area contributed by atoms with Gasteiger partial charge in [-0.2, -0.15) is 0 Å². The molecular formula is C16H26N2O2. The van der Waals surface area contributed by atoms with Gasteiger partial charge in [0.2, 0.25) is 0 Å². The second-order valence-electron chi connectivity index (χ2n) is 6.06. The molecule has 0 atom stereocenters. The van der Waals surface area contributed by atoms with E-state index in [2.05, 4.69) is 30.5 Å². The Bertz CT molecular complexity index is 476. The van der Waals surface area contributed by atoms with Crippen molar-refractivity contribution in [3.8, 4) is 5.75 Å². The minimum atomic E-state index is -0.212. The molecule has 112 valence electrons. The van der Waals surface area contributed by atoms with Gasteiger partial charge in [-0.25, -0.2) is 4.79 Å². The van der Waals surface area contributed by atoms with Crippen LogP contribution in [0.5, 0.6) is 5.75 Å². The Morgan fingerprint density at radius 1 is 1.20 bits per heavy atom. The number of ether oxygens (including phenoxy) is 1. The molecule has 0 aliphatic heterocycles. The molecule has 0 heterocycles. The Kier molecular flexibility index (Phi) is 5.43. The lowest BCUT2D eigenvalue weighted by Gasteiger charge is -2.21. The molecule has 1 aromatic carbocycles. The molecule has 0 fully saturated rings. The number of nitrogens with one attached hydrogen (secondary N) is 2. The molecule has 0 unspecified atom stereocenters. The van der Waals surface area contributed by atoms with Crippen molar-refractivity contribution in [2.75, 3.05) is 13.7 Å². The summed E-state index contributed by atoms with van der Waals surface area (Å²) in [6.07, 6.45) is 0.814. The van der Waals surface area contributed by atoms with Gasteiger partial charge in [0.15, 0.2) is 0 Å². The number of hydrogen-bond acceptors (Lipinski definition) is 2. The first-order valence-corrected chi connectivity index (χ1v) is 6.93. The zero-order valence-electron chi connectivity index (χ0n) is 13.4. The van der Waals surface area contributed by atoms with Crippen LogP contribution < -0.4 is 15.4 Å². The Morgan fingerprint density at radius 3 is 2.40 bits per heavy atom. The molecule has 2 N–H and O–H groups in total. The summed E-state index contributed by atoms with van der Waals surface area (Å²) >= 11 is 0. The molecule has 0 bridgehead atoms. The third-order valence-corrected chi connectivity index (χ3v) is 3.24. The monoisotopic (exact) mass is 278 g/mol.